The molecule has 2 aliphatic rings. The molecule has 2 saturated heterocycles. The average Bonchev–Trinajstić information content (AvgIpc) is 2.99. The van der Waals surface area contributed by atoms with Gasteiger partial charge < -0.3 is 9.64 Å². The van der Waals surface area contributed by atoms with Crippen LogP contribution in [-0.2, 0) is 11.2 Å². The highest BCUT2D eigenvalue weighted by molar-refractivity contribution is 5.39. The molecule has 24 heavy (non-hydrogen) atoms. The number of aryl methyl sites for hydroxylation is 1. The van der Waals surface area contributed by atoms with E-state index in [9.17, 15) is 0 Å². The Morgan fingerprint density at radius 2 is 2.08 bits per heavy atom. The molecule has 1 unspecified atom stereocenters. The molecular formula is C18H23N5O. The van der Waals surface area contributed by atoms with Crippen LogP contribution in [0, 0.1) is 12.3 Å². The zero-order valence-electron chi connectivity index (χ0n) is 14.1. The zero-order valence-corrected chi connectivity index (χ0v) is 14.1. The molecule has 0 amide bonds. The summed E-state index contributed by atoms with van der Waals surface area (Å²) in [5.41, 5.74) is 2.37. The number of aromatic nitrogens is 4. The van der Waals surface area contributed by atoms with Gasteiger partial charge in [-0.3, -0.25) is 9.97 Å². The fourth-order valence-electron chi connectivity index (χ4n) is 3.87. The first-order chi connectivity index (χ1) is 11.7. The Balaban J connectivity index is 1.35. The molecule has 0 aliphatic carbocycles. The van der Waals surface area contributed by atoms with Crippen molar-refractivity contribution in [2.45, 2.75) is 38.7 Å². The highest BCUT2D eigenvalue weighted by atomic mass is 16.5. The molecule has 1 atom stereocenters. The van der Waals surface area contributed by atoms with Gasteiger partial charge in [0.1, 0.15) is 12.1 Å². The van der Waals surface area contributed by atoms with E-state index in [1.807, 2.05) is 13.1 Å². The van der Waals surface area contributed by atoms with Gasteiger partial charge in [0.2, 0.25) is 0 Å². The molecule has 0 radical (unpaired) electrons. The van der Waals surface area contributed by atoms with Gasteiger partial charge in [0, 0.05) is 49.9 Å². The topological polar surface area (TPSA) is 64.0 Å². The van der Waals surface area contributed by atoms with Crippen molar-refractivity contribution in [1.29, 1.82) is 0 Å². The van der Waals surface area contributed by atoms with E-state index in [0.29, 0.717) is 5.41 Å². The summed E-state index contributed by atoms with van der Waals surface area (Å²) in [6.07, 6.45) is 11.5. The summed E-state index contributed by atoms with van der Waals surface area (Å²) in [5, 5.41) is 0. The number of anilines is 1. The van der Waals surface area contributed by atoms with Crippen LogP contribution in [0.4, 0.5) is 5.82 Å². The van der Waals surface area contributed by atoms with E-state index in [1.54, 1.807) is 18.7 Å². The smallest absolute Gasteiger partial charge is 0.132 e. The molecule has 6 nitrogen and oxygen atoms in total. The van der Waals surface area contributed by atoms with E-state index in [4.69, 9.17) is 4.74 Å². The normalized spacial score (nSPS) is 22.9. The fraction of sp³-hybridized carbons (Fsp3) is 0.556. The first-order valence-electron chi connectivity index (χ1n) is 8.63. The van der Waals surface area contributed by atoms with Gasteiger partial charge in [0.25, 0.3) is 0 Å². The summed E-state index contributed by atoms with van der Waals surface area (Å²) in [6, 6.07) is 2.07. The molecule has 4 heterocycles. The maximum atomic E-state index is 6.10. The molecule has 2 aromatic heterocycles. The summed E-state index contributed by atoms with van der Waals surface area (Å²) < 4.78 is 6.10. The lowest BCUT2D eigenvalue weighted by molar-refractivity contribution is 0.0881. The lowest BCUT2D eigenvalue weighted by Gasteiger charge is -2.39. The monoisotopic (exact) mass is 325 g/mol. The minimum Gasteiger partial charge on any atom is -0.377 e. The maximum absolute atomic E-state index is 6.10. The van der Waals surface area contributed by atoms with Gasteiger partial charge >= 0.3 is 0 Å². The quantitative estimate of drug-likeness (QED) is 0.862. The van der Waals surface area contributed by atoms with E-state index in [2.05, 4.69) is 30.9 Å². The third kappa shape index (κ3) is 3.24. The van der Waals surface area contributed by atoms with Crippen molar-refractivity contribution >= 4 is 5.82 Å². The van der Waals surface area contributed by atoms with Gasteiger partial charge in [-0.15, -0.1) is 0 Å². The Labute approximate surface area is 142 Å². The Morgan fingerprint density at radius 1 is 1.21 bits per heavy atom. The lowest BCUT2D eigenvalue weighted by atomic mass is 9.76. The molecule has 0 bridgehead atoms. The van der Waals surface area contributed by atoms with Crippen LogP contribution in [-0.4, -0.2) is 45.7 Å². The Kier molecular flexibility index (Phi) is 4.14. The second-order valence-electron chi connectivity index (χ2n) is 7.04. The zero-order chi connectivity index (χ0) is 16.4. The predicted molar refractivity (Wildman–Crippen MR) is 90.7 cm³/mol. The Bertz CT molecular complexity index is 685. The van der Waals surface area contributed by atoms with Gasteiger partial charge in [-0.1, -0.05) is 0 Å². The molecule has 1 spiro atoms. The standard InChI is InChI=1S/C18H23N5O/c1-14-8-17(22-13-21-14)23-6-2-18(3-7-23)10-16(24-12-18)9-15-11-19-4-5-20-15/h4-5,8,11,13,16H,2-3,6-7,9-10,12H2,1H3. The van der Waals surface area contributed by atoms with E-state index in [0.717, 1.165) is 62.6 Å². The number of piperidine rings is 1. The third-order valence-corrected chi connectivity index (χ3v) is 5.28. The minimum absolute atomic E-state index is 0.273. The van der Waals surface area contributed by atoms with E-state index >= 15 is 0 Å². The van der Waals surface area contributed by atoms with Crippen LogP contribution < -0.4 is 4.90 Å². The van der Waals surface area contributed by atoms with Gasteiger partial charge in [-0.2, -0.15) is 0 Å². The van der Waals surface area contributed by atoms with E-state index in [1.165, 1.54) is 0 Å². The number of ether oxygens (including phenoxy) is 1. The summed E-state index contributed by atoms with van der Waals surface area (Å²) in [4.78, 5) is 19.5. The lowest BCUT2D eigenvalue weighted by Crippen LogP contribution is -2.41. The van der Waals surface area contributed by atoms with Gasteiger partial charge in [-0.25, -0.2) is 9.97 Å². The number of hydrogen-bond acceptors (Lipinski definition) is 6. The summed E-state index contributed by atoms with van der Waals surface area (Å²) in [5.74, 6) is 1.05. The SMILES string of the molecule is Cc1cc(N2CCC3(CC2)COC(Cc2cnccn2)C3)ncn1. The summed E-state index contributed by atoms with van der Waals surface area (Å²) in [6.45, 7) is 4.96. The fourth-order valence-corrected chi connectivity index (χ4v) is 3.87. The third-order valence-electron chi connectivity index (χ3n) is 5.28. The molecule has 6 heteroatoms. The highest BCUT2D eigenvalue weighted by Gasteiger charge is 2.42. The van der Waals surface area contributed by atoms with Crippen molar-refractivity contribution in [2.24, 2.45) is 5.41 Å². The van der Waals surface area contributed by atoms with E-state index in [-0.39, 0.29) is 6.10 Å². The molecule has 2 aliphatic heterocycles. The van der Waals surface area contributed by atoms with Crippen molar-refractivity contribution in [1.82, 2.24) is 19.9 Å². The molecule has 2 aromatic rings. The first kappa shape index (κ1) is 15.4. The molecular weight excluding hydrogens is 302 g/mol. The predicted octanol–water partition coefficient (Wildman–Crippen LogP) is 2.19. The maximum Gasteiger partial charge on any atom is 0.132 e. The van der Waals surface area contributed by atoms with Crippen molar-refractivity contribution in [3.05, 3.63) is 42.4 Å². The molecule has 4 rings (SSSR count). The van der Waals surface area contributed by atoms with Crippen LogP contribution in [0.5, 0.6) is 0 Å². The van der Waals surface area contributed by atoms with Crippen LogP contribution in [0.25, 0.3) is 0 Å². The van der Waals surface area contributed by atoms with Crippen LogP contribution in [0.15, 0.2) is 31.0 Å². The Hall–Kier alpha value is -2.08. The van der Waals surface area contributed by atoms with Crippen molar-refractivity contribution in [2.75, 3.05) is 24.6 Å². The second kappa shape index (κ2) is 6.43. The largest absolute Gasteiger partial charge is 0.377 e. The number of rotatable bonds is 3. The highest BCUT2D eigenvalue weighted by Crippen LogP contribution is 2.43. The van der Waals surface area contributed by atoms with Crippen molar-refractivity contribution in [3.63, 3.8) is 0 Å². The van der Waals surface area contributed by atoms with Crippen LogP contribution >= 0.6 is 0 Å². The molecule has 2 fully saturated rings. The second-order valence-corrected chi connectivity index (χ2v) is 7.04. The van der Waals surface area contributed by atoms with E-state index < -0.39 is 0 Å². The number of nitrogens with zero attached hydrogens (tertiary/aromatic N) is 5. The number of hydrogen-bond donors (Lipinski definition) is 0. The molecule has 0 aromatic carbocycles. The van der Waals surface area contributed by atoms with Gasteiger partial charge in [0.05, 0.1) is 18.4 Å². The van der Waals surface area contributed by atoms with Gasteiger partial charge in [-0.05, 0) is 31.6 Å². The average molecular weight is 325 g/mol. The summed E-state index contributed by atoms with van der Waals surface area (Å²) in [7, 11) is 0. The first-order valence-corrected chi connectivity index (χ1v) is 8.63. The van der Waals surface area contributed by atoms with Crippen LogP contribution in [0.3, 0.4) is 0 Å². The van der Waals surface area contributed by atoms with Crippen LogP contribution in [0.1, 0.15) is 30.7 Å². The Morgan fingerprint density at radius 3 is 2.83 bits per heavy atom. The minimum atomic E-state index is 0.273. The molecule has 0 N–H and O–H groups in total. The summed E-state index contributed by atoms with van der Waals surface area (Å²) >= 11 is 0. The van der Waals surface area contributed by atoms with Crippen LogP contribution in [0.2, 0.25) is 0 Å². The molecule has 0 saturated carbocycles. The van der Waals surface area contributed by atoms with Crippen molar-refractivity contribution < 1.29 is 4.74 Å². The van der Waals surface area contributed by atoms with Crippen molar-refractivity contribution in [3.8, 4) is 0 Å². The molecule has 126 valence electrons. The van der Waals surface area contributed by atoms with Gasteiger partial charge in [0.15, 0.2) is 0 Å².